The molecule has 0 saturated heterocycles. The summed E-state index contributed by atoms with van der Waals surface area (Å²) in [6.07, 6.45) is 1.22. The summed E-state index contributed by atoms with van der Waals surface area (Å²) in [6, 6.07) is 18.7. The Morgan fingerprint density at radius 1 is 1.08 bits per heavy atom. The van der Waals surface area contributed by atoms with Crippen LogP contribution in [0, 0.1) is 0 Å². The number of fused-ring (bicyclic) bond motifs is 3. The van der Waals surface area contributed by atoms with Gasteiger partial charge in [0.2, 0.25) is 0 Å². The van der Waals surface area contributed by atoms with Crippen LogP contribution in [0.3, 0.4) is 0 Å². The van der Waals surface area contributed by atoms with Gasteiger partial charge < -0.3 is 9.67 Å². The van der Waals surface area contributed by atoms with E-state index in [9.17, 15) is 5.11 Å². The van der Waals surface area contributed by atoms with Crippen LogP contribution in [0.2, 0.25) is 0 Å². The van der Waals surface area contributed by atoms with E-state index in [4.69, 9.17) is 0 Å². The number of nitrogens with zero attached hydrogens (tertiary/aromatic N) is 1. The Morgan fingerprint density at radius 2 is 1.88 bits per heavy atom. The number of rotatable bonds is 4. The average Bonchev–Trinajstić information content (AvgIpc) is 3.23. The molecule has 0 bridgehead atoms. The van der Waals surface area contributed by atoms with Gasteiger partial charge in [-0.15, -0.1) is 11.3 Å². The summed E-state index contributed by atoms with van der Waals surface area (Å²) in [4.78, 5) is 2.02. The summed E-state index contributed by atoms with van der Waals surface area (Å²) in [5.41, 5.74) is 3.39. The molecular weight excluding hydrogens is 314 g/mol. The van der Waals surface area contributed by atoms with E-state index in [1.165, 1.54) is 21.8 Å². The van der Waals surface area contributed by atoms with E-state index in [-0.39, 0.29) is 0 Å². The number of hydrogen-bond acceptors (Lipinski definition) is 2. The number of benzene rings is 2. The van der Waals surface area contributed by atoms with Gasteiger partial charge in [0.25, 0.3) is 0 Å². The van der Waals surface area contributed by atoms with E-state index in [0.717, 1.165) is 21.9 Å². The Morgan fingerprint density at radius 3 is 2.62 bits per heavy atom. The van der Waals surface area contributed by atoms with E-state index in [2.05, 4.69) is 54.5 Å². The quantitative estimate of drug-likeness (QED) is 0.516. The summed E-state index contributed by atoms with van der Waals surface area (Å²) in [6.45, 7) is 6.88. The fourth-order valence-corrected chi connectivity index (χ4v) is 4.25. The Kier molecular flexibility index (Phi) is 3.75. The van der Waals surface area contributed by atoms with Crippen molar-refractivity contribution in [1.29, 1.82) is 0 Å². The van der Waals surface area contributed by atoms with Gasteiger partial charge in [-0.3, -0.25) is 0 Å². The second-order valence-electron chi connectivity index (χ2n) is 5.88. The van der Waals surface area contributed by atoms with E-state index < -0.39 is 6.10 Å². The van der Waals surface area contributed by atoms with Crippen LogP contribution >= 0.6 is 11.3 Å². The molecule has 2 aromatic carbocycles. The van der Waals surface area contributed by atoms with Crippen LogP contribution in [0.15, 0.2) is 61.2 Å². The molecule has 24 heavy (non-hydrogen) atoms. The van der Waals surface area contributed by atoms with E-state index in [1.54, 1.807) is 11.3 Å². The average molecular weight is 333 g/mol. The number of aliphatic hydroxyl groups excluding tert-OH is 1. The summed E-state index contributed by atoms with van der Waals surface area (Å²) >= 11 is 1.58. The molecule has 0 fully saturated rings. The standard InChI is InChI=1S/C21H19NOS/c1-3-15-10-12-20(24-15)21(23)14-9-11-19-17(13-14)16-7-5-6-8-18(16)22(19)4-2/h3,5-13,21,23H,1,4H2,2H3. The molecule has 0 amide bonds. The fourth-order valence-electron chi connectivity index (χ4n) is 3.37. The van der Waals surface area contributed by atoms with Crippen molar-refractivity contribution in [3.8, 4) is 0 Å². The maximum Gasteiger partial charge on any atom is 0.113 e. The molecule has 2 heterocycles. The van der Waals surface area contributed by atoms with Gasteiger partial charge in [-0.1, -0.05) is 36.9 Å². The highest BCUT2D eigenvalue weighted by Gasteiger charge is 2.16. The topological polar surface area (TPSA) is 25.2 Å². The second kappa shape index (κ2) is 5.93. The molecule has 0 spiro atoms. The Hall–Kier alpha value is -2.36. The summed E-state index contributed by atoms with van der Waals surface area (Å²) in [5.74, 6) is 0. The lowest BCUT2D eigenvalue weighted by Gasteiger charge is -2.10. The van der Waals surface area contributed by atoms with Crippen molar-refractivity contribution in [2.45, 2.75) is 19.6 Å². The van der Waals surface area contributed by atoms with Crippen molar-refractivity contribution in [2.24, 2.45) is 0 Å². The van der Waals surface area contributed by atoms with Crippen molar-refractivity contribution < 1.29 is 5.11 Å². The molecule has 2 aromatic heterocycles. The first-order valence-electron chi connectivity index (χ1n) is 8.14. The number of aliphatic hydroxyl groups is 1. The van der Waals surface area contributed by atoms with Crippen molar-refractivity contribution in [3.63, 3.8) is 0 Å². The number of thiophene rings is 1. The summed E-state index contributed by atoms with van der Waals surface area (Å²) < 4.78 is 2.32. The highest BCUT2D eigenvalue weighted by atomic mass is 32.1. The lowest BCUT2D eigenvalue weighted by molar-refractivity contribution is 0.224. The minimum absolute atomic E-state index is 0.600. The minimum Gasteiger partial charge on any atom is -0.383 e. The van der Waals surface area contributed by atoms with Crippen LogP contribution in [-0.2, 0) is 6.54 Å². The molecule has 1 atom stereocenters. The molecule has 3 heteroatoms. The molecule has 0 aliphatic rings. The van der Waals surface area contributed by atoms with Gasteiger partial charge in [-0.2, -0.15) is 0 Å². The third-order valence-electron chi connectivity index (χ3n) is 4.55. The first kappa shape index (κ1) is 15.2. The Labute approximate surface area is 145 Å². The van der Waals surface area contributed by atoms with Crippen molar-refractivity contribution in [1.82, 2.24) is 4.57 Å². The van der Waals surface area contributed by atoms with Gasteiger partial charge in [0.1, 0.15) is 6.10 Å². The largest absolute Gasteiger partial charge is 0.383 e. The molecule has 0 radical (unpaired) electrons. The lowest BCUT2D eigenvalue weighted by atomic mass is 10.0. The summed E-state index contributed by atoms with van der Waals surface area (Å²) in [5, 5.41) is 13.2. The first-order chi connectivity index (χ1) is 11.7. The molecule has 0 aliphatic carbocycles. The van der Waals surface area contributed by atoms with Crippen LogP contribution in [0.4, 0.5) is 0 Å². The number of hydrogen-bond donors (Lipinski definition) is 1. The SMILES string of the molecule is C=Cc1ccc(C(O)c2ccc3c(c2)c2ccccc2n3CC)s1. The molecule has 120 valence electrons. The highest BCUT2D eigenvalue weighted by Crippen LogP contribution is 2.34. The molecule has 2 nitrogen and oxygen atoms in total. The zero-order chi connectivity index (χ0) is 16.7. The zero-order valence-corrected chi connectivity index (χ0v) is 14.4. The molecule has 1 N–H and O–H groups in total. The van der Waals surface area contributed by atoms with Gasteiger partial charge in [0, 0.05) is 38.1 Å². The van der Waals surface area contributed by atoms with Crippen LogP contribution in [-0.4, -0.2) is 9.67 Å². The lowest BCUT2D eigenvalue weighted by Crippen LogP contribution is -1.97. The van der Waals surface area contributed by atoms with E-state index >= 15 is 0 Å². The van der Waals surface area contributed by atoms with Crippen molar-refractivity contribution in [3.05, 3.63) is 76.5 Å². The predicted octanol–water partition coefficient (Wildman–Crippen LogP) is 5.60. The third kappa shape index (κ3) is 2.29. The Bertz CT molecular complexity index is 1040. The molecular formula is C21H19NOS. The predicted molar refractivity (Wildman–Crippen MR) is 104 cm³/mol. The van der Waals surface area contributed by atoms with Crippen LogP contribution in [0.25, 0.3) is 27.9 Å². The third-order valence-corrected chi connectivity index (χ3v) is 5.68. The molecule has 4 rings (SSSR count). The number of aromatic nitrogens is 1. The smallest absolute Gasteiger partial charge is 0.113 e. The molecule has 4 aromatic rings. The van der Waals surface area contributed by atoms with Gasteiger partial charge >= 0.3 is 0 Å². The van der Waals surface area contributed by atoms with Gasteiger partial charge in [0.15, 0.2) is 0 Å². The second-order valence-corrected chi connectivity index (χ2v) is 7.03. The minimum atomic E-state index is -0.600. The van der Waals surface area contributed by atoms with Crippen LogP contribution < -0.4 is 0 Å². The maximum atomic E-state index is 10.8. The highest BCUT2D eigenvalue weighted by molar-refractivity contribution is 7.13. The van der Waals surface area contributed by atoms with Crippen LogP contribution in [0.1, 0.15) is 28.3 Å². The molecule has 0 saturated carbocycles. The summed E-state index contributed by atoms with van der Waals surface area (Å²) in [7, 11) is 0. The van der Waals surface area contributed by atoms with Crippen LogP contribution in [0.5, 0.6) is 0 Å². The van der Waals surface area contributed by atoms with E-state index in [0.29, 0.717) is 0 Å². The van der Waals surface area contributed by atoms with Crippen molar-refractivity contribution >= 4 is 39.2 Å². The maximum absolute atomic E-state index is 10.8. The van der Waals surface area contributed by atoms with Gasteiger partial charge in [-0.25, -0.2) is 0 Å². The first-order valence-corrected chi connectivity index (χ1v) is 8.95. The zero-order valence-electron chi connectivity index (χ0n) is 13.6. The molecule has 0 aliphatic heterocycles. The Balaban J connectivity index is 1.88. The van der Waals surface area contributed by atoms with E-state index in [1.807, 2.05) is 24.3 Å². The van der Waals surface area contributed by atoms with Crippen molar-refractivity contribution in [2.75, 3.05) is 0 Å². The number of para-hydroxylation sites is 1. The van der Waals surface area contributed by atoms with Gasteiger partial charge in [0.05, 0.1) is 0 Å². The fraction of sp³-hybridized carbons (Fsp3) is 0.143. The van der Waals surface area contributed by atoms with Gasteiger partial charge in [-0.05, 0) is 42.8 Å². The normalized spacial score (nSPS) is 12.8. The number of aryl methyl sites for hydroxylation is 1. The molecule has 1 unspecified atom stereocenters. The monoisotopic (exact) mass is 333 g/mol.